The summed E-state index contributed by atoms with van der Waals surface area (Å²) in [5, 5.41) is 11.0. The van der Waals surface area contributed by atoms with E-state index in [1.54, 1.807) is 17.6 Å². The van der Waals surface area contributed by atoms with Crippen LogP contribution in [0.4, 0.5) is 18.3 Å². The number of carbonyl (C=O) groups is 1. The van der Waals surface area contributed by atoms with Gasteiger partial charge in [-0.1, -0.05) is 75.4 Å². The molecule has 2 aromatic carbocycles. The summed E-state index contributed by atoms with van der Waals surface area (Å²) in [5.74, 6) is -0.0798. The smallest absolute Gasteiger partial charge is 0.406 e. The first-order valence-electron chi connectivity index (χ1n) is 10.5. The number of hydrogen-bond acceptors (Lipinski definition) is 5. The van der Waals surface area contributed by atoms with Crippen LogP contribution in [0, 0.1) is 11.3 Å². The number of nitrogens with one attached hydrogen (secondary N) is 1. The topological polar surface area (TPSA) is 64.1 Å². The molecule has 1 atom stereocenters. The number of aromatic nitrogens is 2. The Kier molecular flexibility index (Phi) is 7.41. The van der Waals surface area contributed by atoms with Crippen molar-refractivity contribution >= 4 is 22.4 Å². The molecule has 0 radical (unpaired) electrons. The number of benzene rings is 2. The summed E-state index contributed by atoms with van der Waals surface area (Å²) in [4.78, 5) is 13.1. The molecule has 1 aromatic heterocycles. The first-order valence-corrected chi connectivity index (χ1v) is 11.4. The summed E-state index contributed by atoms with van der Waals surface area (Å²) in [7, 11) is 0. The van der Waals surface area contributed by atoms with Crippen molar-refractivity contribution in [1.29, 1.82) is 0 Å². The lowest BCUT2D eigenvalue weighted by molar-refractivity contribution is -0.274. The Hall–Kier alpha value is -2.94. The minimum Gasteiger partial charge on any atom is -0.406 e. The molecule has 5 nitrogen and oxygen atoms in total. The summed E-state index contributed by atoms with van der Waals surface area (Å²) < 4.78 is 41.1. The molecule has 0 bridgehead atoms. The van der Waals surface area contributed by atoms with Gasteiger partial charge in [-0.2, -0.15) is 0 Å². The fourth-order valence-corrected chi connectivity index (χ4v) is 4.16. The number of hydrogen-bond donors (Lipinski definition) is 1. The Morgan fingerprint density at radius 3 is 2.09 bits per heavy atom. The molecule has 1 unspecified atom stereocenters. The number of amides is 1. The Morgan fingerprint density at radius 1 is 1.03 bits per heavy atom. The third kappa shape index (κ3) is 6.54. The van der Waals surface area contributed by atoms with Crippen molar-refractivity contribution in [3.05, 3.63) is 59.6 Å². The summed E-state index contributed by atoms with van der Waals surface area (Å²) in [6, 6.07) is 13.5. The van der Waals surface area contributed by atoms with Crippen LogP contribution in [0.1, 0.15) is 45.6 Å². The van der Waals surface area contributed by atoms with E-state index in [9.17, 15) is 18.0 Å². The summed E-state index contributed by atoms with van der Waals surface area (Å²) >= 11 is 1.27. The number of alkyl halides is 3. The Bertz CT molecular complexity index is 1050. The first-order chi connectivity index (χ1) is 15.5. The molecule has 3 rings (SSSR count). The van der Waals surface area contributed by atoms with E-state index in [0.29, 0.717) is 11.0 Å². The van der Waals surface area contributed by atoms with Crippen LogP contribution in [0.3, 0.4) is 0 Å². The number of halogens is 3. The van der Waals surface area contributed by atoms with Crippen LogP contribution in [0.5, 0.6) is 5.75 Å². The number of anilines is 1. The van der Waals surface area contributed by atoms with Gasteiger partial charge in [-0.3, -0.25) is 4.79 Å². The maximum absolute atomic E-state index is 13.1. The summed E-state index contributed by atoms with van der Waals surface area (Å²) in [6.07, 6.45) is -3.91. The highest BCUT2D eigenvalue weighted by molar-refractivity contribution is 7.13. The van der Waals surface area contributed by atoms with Gasteiger partial charge < -0.3 is 10.1 Å². The molecule has 3 aromatic rings. The normalized spacial score (nSPS) is 13.1. The van der Waals surface area contributed by atoms with Crippen LogP contribution < -0.4 is 10.1 Å². The van der Waals surface area contributed by atoms with Gasteiger partial charge in [-0.05, 0) is 47.1 Å². The van der Waals surface area contributed by atoms with Crippen molar-refractivity contribution in [3.63, 3.8) is 0 Å². The highest BCUT2D eigenvalue weighted by Gasteiger charge is 2.38. The van der Waals surface area contributed by atoms with E-state index in [-0.39, 0.29) is 17.6 Å². The number of carbonyl (C=O) groups excluding carboxylic acids is 1. The van der Waals surface area contributed by atoms with Crippen LogP contribution in [0.15, 0.2) is 54.0 Å². The quantitative estimate of drug-likeness (QED) is 0.383. The largest absolute Gasteiger partial charge is 0.573 e. The zero-order valence-electron chi connectivity index (χ0n) is 18.8. The third-order valence-corrected chi connectivity index (χ3v) is 6.08. The van der Waals surface area contributed by atoms with E-state index < -0.39 is 11.8 Å². The Labute approximate surface area is 195 Å². The lowest BCUT2D eigenvalue weighted by Crippen LogP contribution is -2.37. The highest BCUT2D eigenvalue weighted by Crippen LogP contribution is 2.41. The van der Waals surface area contributed by atoms with Crippen molar-refractivity contribution in [1.82, 2.24) is 10.2 Å². The van der Waals surface area contributed by atoms with Gasteiger partial charge in [-0.15, -0.1) is 23.4 Å². The van der Waals surface area contributed by atoms with Gasteiger partial charge >= 0.3 is 6.36 Å². The fraction of sp³-hybridized carbons (Fsp3) is 0.375. The van der Waals surface area contributed by atoms with E-state index in [1.165, 1.54) is 23.5 Å². The van der Waals surface area contributed by atoms with Crippen molar-refractivity contribution in [2.75, 3.05) is 5.32 Å². The molecule has 1 heterocycles. The standard InChI is InChI=1S/C24H26F3N3O2S/c1-15(2)13-20(23(3,4)21(31)29-22-30-28-14-33-22)18-7-5-16(6-8-18)17-9-11-19(12-10-17)32-24(25,26)27/h5-12,14-15,20H,13H2,1-4H3,(H,29,30,31). The van der Waals surface area contributed by atoms with Gasteiger partial charge in [-0.25, -0.2) is 0 Å². The third-order valence-electron chi connectivity index (χ3n) is 5.48. The average Bonchev–Trinajstić information content (AvgIpc) is 3.24. The van der Waals surface area contributed by atoms with Gasteiger partial charge in [0.1, 0.15) is 11.3 Å². The predicted octanol–water partition coefficient (Wildman–Crippen LogP) is 6.90. The van der Waals surface area contributed by atoms with E-state index in [4.69, 9.17) is 0 Å². The lowest BCUT2D eigenvalue weighted by atomic mass is 9.70. The van der Waals surface area contributed by atoms with Gasteiger partial charge in [0.15, 0.2) is 0 Å². The second-order valence-corrected chi connectivity index (χ2v) is 9.63. The SMILES string of the molecule is CC(C)CC(c1ccc(-c2ccc(OC(F)(F)F)cc2)cc1)C(C)(C)C(=O)Nc1nncs1. The van der Waals surface area contributed by atoms with Crippen molar-refractivity contribution in [2.45, 2.75) is 46.4 Å². The molecular weight excluding hydrogens is 451 g/mol. The molecule has 9 heteroatoms. The predicted molar refractivity (Wildman–Crippen MR) is 123 cm³/mol. The second kappa shape index (κ2) is 9.91. The monoisotopic (exact) mass is 477 g/mol. The molecule has 33 heavy (non-hydrogen) atoms. The molecule has 1 amide bonds. The summed E-state index contributed by atoms with van der Waals surface area (Å²) in [5.41, 5.74) is 3.49. The molecule has 0 saturated carbocycles. The average molecular weight is 478 g/mol. The van der Waals surface area contributed by atoms with Crippen LogP contribution in [0.2, 0.25) is 0 Å². The Morgan fingerprint density at radius 2 is 1.61 bits per heavy atom. The Balaban J connectivity index is 1.82. The van der Waals surface area contributed by atoms with Crippen LogP contribution in [-0.4, -0.2) is 22.5 Å². The van der Waals surface area contributed by atoms with Crippen LogP contribution >= 0.6 is 11.3 Å². The van der Waals surface area contributed by atoms with Crippen molar-refractivity contribution in [3.8, 4) is 16.9 Å². The number of rotatable bonds is 8. The molecular formula is C24H26F3N3O2S. The molecule has 0 aliphatic rings. The van der Waals surface area contributed by atoms with Gasteiger partial charge in [0.2, 0.25) is 11.0 Å². The maximum Gasteiger partial charge on any atom is 0.573 e. The number of nitrogens with zero attached hydrogens (tertiary/aromatic N) is 2. The van der Waals surface area contributed by atoms with E-state index in [0.717, 1.165) is 23.1 Å². The van der Waals surface area contributed by atoms with Crippen LogP contribution in [0.25, 0.3) is 11.1 Å². The molecule has 0 spiro atoms. The maximum atomic E-state index is 13.1. The fourth-order valence-electron chi connectivity index (χ4n) is 3.72. The molecule has 1 N–H and O–H groups in total. The van der Waals surface area contributed by atoms with E-state index in [1.807, 2.05) is 38.1 Å². The molecule has 0 aliphatic carbocycles. The zero-order valence-corrected chi connectivity index (χ0v) is 19.6. The van der Waals surface area contributed by atoms with Gasteiger partial charge in [0.05, 0.1) is 5.41 Å². The molecule has 0 saturated heterocycles. The van der Waals surface area contributed by atoms with Gasteiger partial charge in [0.25, 0.3) is 0 Å². The minimum absolute atomic E-state index is 0.0537. The number of ether oxygens (including phenoxy) is 1. The second-order valence-electron chi connectivity index (χ2n) is 8.80. The lowest BCUT2D eigenvalue weighted by Gasteiger charge is -2.34. The molecule has 176 valence electrons. The van der Waals surface area contributed by atoms with Gasteiger partial charge in [0, 0.05) is 0 Å². The van der Waals surface area contributed by atoms with E-state index in [2.05, 4.69) is 34.1 Å². The molecule has 0 fully saturated rings. The zero-order chi connectivity index (χ0) is 24.2. The van der Waals surface area contributed by atoms with Crippen molar-refractivity contribution in [2.24, 2.45) is 11.3 Å². The van der Waals surface area contributed by atoms with Crippen molar-refractivity contribution < 1.29 is 22.7 Å². The highest BCUT2D eigenvalue weighted by atomic mass is 32.1. The van der Waals surface area contributed by atoms with Crippen LogP contribution in [-0.2, 0) is 4.79 Å². The molecule has 0 aliphatic heterocycles. The first kappa shape index (κ1) is 24.7. The minimum atomic E-state index is -4.72. The summed E-state index contributed by atoms with van der Waals surface area (Å²) in [6.45, 7) is 8.07. The van der Waals surface area contributed by atoms with E-state index >= 15 is 0 Å².